The number of benzene rings is 2. The van der Waals surface area contributed by atoms with Crippen molar-refractivity contribution in [3.8, 4) is 11.5 Å². The van der Waals surface area contributed by atoms with Crippen LogP contribution in [0.5, 0.6) is 11.5 Å². The van der Waals surface area contributed by atoms with Crippen LogP contribution >= 0.6 is 0 Å². The third-order valence-corrected chi connectivity index (χ3v) is 5.44. The van der Waals surface area contributed by atoms with Crippen LogP contribution in [0.4, 0.5) is 0 Å². The third-order valence-electron chi connectivity index (χ3n) is 5.44. The zero-order chi connectivity index (χ0) is 19.6. The third kappa shape index (κ3) is 3.65. The summed E-state index contributed by atoms with van der Waals surface area (Å²) in [4.78, 5) is 14.4. The van der Waals surface area contributed by atoms with Crippen LogP contribution in [-0.4, -0.2) is 36.7 Å². The van der Waals surface area contributed by atoms with Gasteiger partial charge in [-0.05, 0) is 49.1 Å². The lowest BCUT2D eigenvalue weighted by molar-refractivity contribution is -0.152. The number of aliphatic carboxylic acids is 1. The van der Waals surface area contributed by atoms with Gasteiger partial charge in [-0.2, -0.15) is 0 Å². The van der Waals surface area contributed by atoms with E-state index >= 15 is 0 Å². The summed E-state index contributed by atoms with van der Waals surface area (Å²) in [5.74, 6) is 0.497. The molecule has 0 aliphatic carbocycles. The Kier molecular flexibility index (Phi) is 5.42. The number of methoxy groups -OCH3 is 2. The summed E-state index contributed by atoms with van der Waals surface area (Å²) in [5.41, 5.74) is 2.34. The molecule has 3 rings (SSSR count). The van der Waals surface area contributed by atoms with E-state index in [2.05, 4.69) is 17.0 Å². The molecule has 0 spiro atoms. The number of carboxylic acids is 1. The van der Waals surface area contributed by atoms with Crippen LogP contribution in [0.25, 0.3) is 0 Å². The molecule has 0 saturated carbocycles. The highest BCUT2D eigenvalue weighted by atomic mass is 16.5. The van der Waals surface area contributed by atoms with E-state index in [-0.39, 0.29) is 6.04 Å². The molecule has 5 nitrogen and oxygen atoms in total. The number of rotatable bonds is 6. The Morgan fingerprint density at radius 2 is 1.78 bits per heavy atom. The van der Waals surface area contributed by atoms with Gasteiger partial charge in [0.2, 0.25) is 0 Å². The maximum atomic E-state index is 12.1. The van der Waals surface area contributed by atoms with E-state index in [0.717, 1.165) is 24.1 Å². The van der Waals surface area contributed by atoms with Gasteiger partial charge in [-0.25, -0.2) is 0 Å². The van der Waals surface area contributed by atoms with E-state index in [9.17, 15) is 9.90 Å². The molecule has 144 valence electrons. The van der Waals surface area contributed by atoms with Crippen molar-refractivity contribution < 1.29 is 19.4 Å². The predicted octanol–water partition coefficient (Wildman–Crippen LogP) is 3.91. The average molecular weight is 369 g/mol. The fourth-order valence-corrected chi connectivity index (χ4v) is 3.95. The van der Waals surface area contributed by atoms with Crippen LogP contribution in [-0.2, 0) is 17.8 Å². The van der Waals surface area contributed by atoms with Crippen molar-refractivity contribution in [1.82, 2.24) is 4.90 Å². The number of carbonyl (C=O) groups is 1. The summed E-state index contributed by atoms with van der Waals surface area (Å²) in [5, 5.41) is 9.95. The Morgan fingerprint density at radius 3 is 2.37 bits per heavy atom. The molecule has 0 bridgehead atoms. The van der Waals surface area contributed by atoms with Crippen molar-refractivity contribution in [1.29, 1.82) is 0 Å². The molecule has 0 amide bonds. The van der Waals surface area contributed by atoms with E-state index in [1.165, 1.54) is 5.56 Å². The molecule has 27 heavy (non-hydrogen) atoms. The summed E-state index contributed by atoms with van der Waals surface area (Å²) in [7, 11) is 3.22. The number of carboxylic acid groups (broad SMARTS) is 1. The second-order valence-corrected chi connectivity index (χ2v) is 7.54. The Morgan fingerprint density at radius 1 is 1.15 bits per heavy atom. The molecule has 5 heteroatoms. The predicted molar refractivity (Wildman–Crippen MR) is 104 cm³/mol. The van der Waals surface area contributed by atoms with Gasteiger partial charge in [0.25, 0.3) is 0 Å². The Labute approximate surface area is 160 Å². The fraction of sp³-hybridized carbons (Fsp3) is 0.409. The monoisotopic (exact) mass is 369 g/mol. The topological polar surface area (TPSA) is 59.0 Å². The van der Waals surface area contributed by atoms with Crippen LogP contribution in [0.2, 0.25) is 0 Å². The molecule has 0 saturated heterocycles. The summed E-state index contributed by atoms with van der Waals surface area (Å²) < 4.78 is 10.9. The van der Waals surface area contributed by atoms with Crippen LogP contribution in [0.3, 0.4) is 0 Å². The maximum absolute atomic E-state index is 12.1. The quantitative estimate of drug-likeness (QED) is 0.836. The molecule has 1 aliphatic heterocycles. The molecule has 1 atom stereocenters. The lowest BCUT2D eigenvalue weighted by Gasteiger charge is -2.44. The van der Waals surface area contributed by atoms with Crippen molar-refractivity contribution in [3.05, 3.63) is 59.2 Å². The van der Waals surface area contributed by atoms with Crippen LogP contribution in [0.1, 0.15) is 36.6 Å². The second-order valence-electron chi connectivity index (χ2n) is 7.54. The number of nitrogens with zero attached hydrogens (tertiary/aromatic N) is 1. The maximum Gasteiger partial charge on any atom is 0.311 e. The van der Waals surface area contributed by atoms with E-state index in [0.29, 0.717) is 18.0 Å². The van der Waals surface area contributed by atoms with Crippen molar-refractivity contribution in [3.63, 3.8) is 0 Å². The Bertz CT molecular complexity index is 817. The number of hydrogen-bond acceptors (Lipinski definition) is 4. The van der Waals surface area contributed by atoms with E-state index in [1.54, 1.807) is 28.1 Å². The number of ether oxygens (including phenoxy) is 2. The van der Waals surface area contributed by atoms with E-state index < -0.39 is 11.4 Å². The molecule has 0 aromatic heterocycles. The first kappa shape index (κ1) is 19.2. The molecule has 1 N–H and O–H groups in total. The van der Waals surface area contributed by atoms with E-state index in [1.807, 2.05) is 30.3 Å². The molecule has 1 heterocycles. The molecule has 2 aromatic carbocycles. The van der Waals surface area contributed by atoms with Gasteiger partial charge < -0.3 is 14.6 Å². The minimum absolute atomic E-state index is 0.265. The van der Waals surface area contributed by atoms with Gasteiger partial charge in [-0.3, -0.25) is 9.69 Å². The summed E-state index contributed by atoms with van der Waals surface area (Å²) >= 11 is 0. The highest BCUT2D eigenvalue weighted by molar-refractivity contribution is 5.75. The van der Waals surface area contributed by atoms with Gasteiger partial charge in [0.15, 0.2) is 11.5 Å². The van der Waals surface area contributed by atoms with Gasteiger partial charge in [0, 0.05) is 13.1 Å². The van der Waals surface area contributed by atoms with Crippen molar-refractivity contribution in [2.45, 2.75) is 32.9 Å². The van der Waals surface area contributed by atoms with Gasteiger partial charge in [0.05, 0.1) is 25.7 Å². The summed E-state index contributed by atoms with van der Waals surface area (Å²) in [6, 6.07) is 13.8. The molecular formula is C22H27NO4. The highest BCUT2D eigenvalue weighted by Gasteiger charge is 2.44. The molecule has 1 aliphatic rings. The molecule has 2 aromatic rings. The number of fused-ring (bicyclic) bond motifs is 1. The lowest BCUT2D eigenvalue weighted by atomic mass is 9.75. The van der Waals surface area contributed by atoms with Crippen molar-refractivity contribution in [2.75, 3.05) is 20.8 Å². The SMILES string of the molecule is COc1cc2c(cc1OC)C(C(C)(C)C(=O)O)N(Cc1ccccc1)CC2. The minimum Gasteiger partial charge on any atom is -0.493 e. The Balaban J connectivity index is 2.09. The fourth-order valence-electron chi connectivity index (χ4n) is 3.95. The molecule has 0 fully saturated rings. The zero-order valence-electron chi connectivity index (χ0n) is 16.4. The van der Waals surface area contributed by atoms with Crippen LogP contribution in [0, 0.1) is 5.41 Å². The Hall–Kier alpha value is -2.53. The average Bonchev–Trinajstić information content (AvgIpc) is 2.67. The standard InChI is InChI=1S/C22H27NO4/c1-22(2,21(24)25)20-17-13-19(27-4)18(26-3)12-16(17)10-11-23(20)14-15-8-6-5-7-9-15/h5-9,12-13,20H,10-11,14H2,1-4H3,(H,24,25). The van der Waals surface area contributed by atoms with Crippen molar-refractivity contribution in [2.24, 2.45) is 5.41 Å². The van der Waals surface area contributed by atoms with Gasteiger partial charge in [-0.1, -0.05) is 30.3 Å². The first-order chi connectivity index (χ1) is 12.9. The van der Waals surface area contributed by atoms with Gasteiger partial charge >= 0.3 is 5.97 Å². The highest BCUT2D eigenvalue weighted by Crippen LogP contribution is 2.46. The van der Waals surface area contributed by atoms with Crippen LogP contribution < -0.4 is 9.47 Å². The smallest absolute Gasteiger partial charge is 0.311 e. The van der Waals surface area contributed by atoms with E-state index in [4.69, 9.17) is 9.47 Å². The first-order valence-corrected chi connectivity index (χ1v) is 9.14. The lowest BCUT2D eigenvalue weighted by Crippen LogP contribution is -2.46. The summed E-state index contributed by atoms with van der Waals surface area (Å²) in [6.07, 6.45) is 0.842. The summed E-state index contributed by atoms with van der Waals surface area (Å²) in [6.45, 7) is 5.09. The number of hydrogen-bond donors (Lipinski definition) is 1. The molecule has 0 radical (unpaired) electrons. The van der Waals surface area contributed by atoms with Crippen molar-refractivity contribution >= 4 is 5.97 Å². The van der Waals surface area contributed by atoms with Gasteiger partial charge in [0.1, 0.15) is 0 Å². The molecule has 1 unspecified atom stereocenters. The van der Waals surface area contributed by atoms with Gasteiger partial charge in [-0.15, -0.1) is 0 Å². The minimum atomic E-state index is -0.955. The molecular weight excluding hydrogens is 342 g/mol. The first-order valence-electron chi connectivity index (χ1n) is 9.14. The normalized spacial score (nSPS) is 17.3. The van der Waals surface area contributed by atoms with Crippen LogP contribution in [0.15, 0.2) is 42.5 Å². The second kappa shape index (κ2) is 7.61. The zero-order valence-corrected chi connectivity index (χ0v) is 16.4. The largest absolute Gasteiger partial charge is 0.493 e.